The molecule has 0 aliphatic rings. The van der Waals surface area contributed by atoms with E-state index >= 15 is 0 Å². The molecule has 0 saturated carbocycles. The Labute approximate surface area is 102 Å². The third-order valence-electron chi connectivity index (χ3n) is 2.47. The topological polar surface area (TPSA) is 30.5 Å². The van der Waals surface area contributed by atoms with E-state index in [1.54, 1.807) is 13.2 Å². The van der Waals surface area contributed by atoms with Gasteiger partial charge in [0.25, 0.3) is 0 Å². The number of rotatable bonds is 7. The molecule has 0 aromatic heterocycles. The third-order valence-corrected chi connectivity index (χ3v) is 2.47. The molecule has 0 bridgehead atoms. The van der Waals surface area contributed by atoms with Crippen molar-refractivity contribution in [2.75, 3.05) is 20.4 Å². The lowest BCUT2D eigenvalue weighted by molar-refractivity contribution is 0.0500. The zero-order valence-corrected chi connectivity index (χ0v) is 10.6. The maximum atomic E-state index is 13.2. The molecule has 17 heavy (non-hydrogen) atoms. The highest BCUT2D eigenvalue weighted by atomic mass is 19.1. The Morgan fingerprint density at radius 3 is 2.82 bits per heavy atom. The summed E-state index contributed by atoms with van der Waals surface area (Å²) in [5.41, 5.74) is 0.815. The molecule has 1 aromatic rings. The number of ether oxygens (including phenoxy) is 2. The second-order valence-corrected chi connectivity index (χ2v) is 3.91. The molecule has 0 aliphatic heterocycles. The smallest absolute Gasteiger partial charge is 0.188 e. The van der Waals surface area contributed by atoms with Crippen molar-refractivity contribution >= 4 is 0 Å². The van der Waals surface area contributed by atoms with Crippen LogP contribution in [-0.2, 0) is 4.74 Å². The van der Waals surface area contributed by atoms with Gasteiger partial charge in [-0.1, -0.05) is 6.92 Å². The number of halogens is 1. The van der Waals surface area contributed by atoms with Crippen molar-refractivity contribution in [1.29, 1.82) is 0 Å². The quantitative estimate of drug-likeness (QED) is 0.745. The van der Waals surface area contributed by atoms with Gasteiger partial charge in [0.2, 0.25) is 0 Å². The van der Waals surface area contributed by atoms with Gasteiger partial charge < -0.3 is 14.8 Å². The van der Waals surface area contributed by atoms with Crippen LogP contribution in [0.2, 0.25) is 0 Å². The minimum Gasteiger partial charge on any atom is -0.467 e. The highest BCUT2D eigenvalue weighted by Gasteiger charge is 2.12. The van der Waals surface area contributed by atoms with Crippen molar-refractivity contribution in [1.82, 2.24) is 5.32 Å². The lowest BCUT2D eigenvalue weighted by atomic mass is 10.1. The van der Waals surface area contributed by atoms with E-state index in [0.29, 0.717) is 5.75 Å². The van der Waals surface area contributed by atoms with Crippen LogP contribution in [0.1, 0.15) is 31.9 Å². The Morgan fingerprint density at radius 2 is 2.18 bits per heavy atom. The van der Waals surface area contributed by atoms with E-state index in [4.69, 9.17) is 9.47 Å². The first-order valence-corrected chi connectivity index (χ1v) is 5.83. The van der Waals surface area contributed by atoms with Crippen LogP contribution in [-0.4, -0.2) is 20.4 Å². The van der Waals surface area contributed by atoms with E-state index in [9.17, 15) is 4.39 Å². The maximum Gasteiger partial charge on any atom is 0.188 e. The van der Waals surface area contributed by atoms with Gasteiger partial charge in [-0.3, -0.25) is 0 Å². The maximum absolute atomic E-state index is 13.2. The summed E-state index contributed by atoms with van der Waals surface area (Å²) in [7, 11) is 1.56. The van der Waals surface area contributed by atoms with Gasteiger partial charge in [-0.25, -0.2) is 4.39 Å². The third kappa shape index (κ3) is 4.32. The van der Waals surface area contributed by atoms with E-state index in [1.165, 1.54) is 12.1 Å². The fourth-order valence-corrected chi connectivity index (χ4v) is 1.58. The Balaban J connectivity index is 2.81. The number of hydrogen-bond acceptors (Lipinski definition) is 3. The molecular formula is C13H20FNO2. The van der Waals surface area contributed by atoms with Crippen molar-refractivity contribution in [3.63, 3.8) is 0 Å². The minimum atomic E-state index is -0.255. The zero-order valence-electron chi connectivity index (χ0n) is 10.6. The highest BCUT2D eigenvalue weighted by Crippen LogP contribution is 2.26. The molecule has 1 unspecified atom stereocenters. The number of benzene rings is 1. The van der Waals surface area contributed by atoms with Crippen molar-refractivity contribution in [2.24, 2.45) is 0 Å². The first-order valence-electron chi connectivity index (χ1n) is 5.83. The molecule has 0 spiro atoms. The lowest BCUT2D eigenvalue weighted by Crippen LogP contribution is -2.20. The average molecular weight is 241 g/mol. The van der Waals surface area contributed by atoms with Crippen LogP contribution in [0.25, 0.3) is 0 Å². The van der Waals surface area contributed by atoms with Gasteiger partial charge in [-0.2, -0.15) is 0 Å². The van der Waals surface area contributed by atoms with Gasteiger partial charge in [-0.15, -0.1) is 0 Å². The minimum absolute atomic E-state index is 0.0532. The Morgan fingerprint density at radius 1 is 1.41 bits per heavy atom. The monoisotopic (exact) mass is 241 g/mol. The lowest BCUT2D eigenvalue weighted by Gasteiger charge is -2.18. The van der Waals surface area contributed by atoms with Crippen LogP contribution < -0.4 is 10.1 Å². The SMILES string of the molecule is CCCNC(C)c1cc(F)ccc1OCOC. The summed E-state index contributed by atoms with van der Waals surface area (Å²) in [5.74, 6) is 0.402. The van der Waals surface area contributed by atoms with Crippen LogP contribution in [0.4, 0.5) is 4.39 Å². The molecule has 1 rings (SSSR count). The molecule has 1 aromatic carbocycles. The summed E-state index contributed by atoms with van der Waals surface area (Å²) < 4.78 is 23.5. The van der Waals surface area contributed by atoms with Gasteiger partial charge in [0.15, 0.2) is 6.79 Å². The second-order valence-electron chi connectivity index (χ2n) is 3.91. The molecule has 1 atom stereocenters. The van der Waals surface area contributed by atoms with Crippen LogP contribution in [0.3, 0.4) is 0 Å². The standard InChI is InChI=1S/C13H20FNO2/c1-4-7-15-10(2)12-8-11(14)5-6-13(12)17-9-16-3/h5-6,8,10,15H,4,7,9H2,1-3H3. The van der Waals surface area contributed by atoms with E-state index in [1.807, 2.05) is 6.92 Å². The molecule has 0 aliphatic carbocycles. The van der Waals surface area contributed by atoms with Gasteiger partial charge >= 0.3 is 0 Å². The zero-order chi connectivity index (χ0) is 12.7. The van der Waals surface area contributed by atoms with E-state index in [2.05, 4.69) is 12.2 Å². The summed E-state index contributed by atoms with van der Waals surface area (Å²) in [6.45, 7) is 5.14. The summed E-state index contributed by atoms with van der Waals surface area (Å²) in [4.78, 5) is 0. The van der Waals surface area contributed by atoms with E-state index in [0.717, 1.165) is 18.5 Å². The second kappa shape index (κ2) is 7.25. The molecule has 1 N–H and O–H groups in total. The average Bonchev–Trinajstić information content (AvgIpc) is 2.34. The molecular weight excluding hydrogens is 221 g/mol. The van der Waals surface area contributed by atoms with Gasteiger partial charge in [-0.05, 0) is 38.1 Å². The predicted molar refractivity (Wildman–Crippen MR) is 65.6 cm³/mol. The number of nitrogens with one attached hydrogen (secondary N) is 1. The summed E-state index contributed by atoms with van der Waals surface area (Å²) in [5, 5.41) is 3.31. The van der Waals surface area contributed by atoms with Gasteiger partial charge in [0.1, 0.15) is 11.6 Å². The first kappa shape index (κ1) is 13.9. The first-order chi connectivity index (χ1) is 8.19. The largest absolute Gasteiger partial charge is 0.467 e. The van der Waals surface area contributed by atoms with Crippen LogP contribution in [0.5, 0.6) is 5.75 Å². The predicted octanol–water partition coefficient (Wildman–Crippen LogP) is 2.87. The molecule has 0 amide bonds. The molecule has 0 heterocycles. The molecule has 0 radical (unpaired) electrons. The number of hydrogen-bond donors (Lipinski definition) is 1. The van der Waals surface area contributed by atoms with Crippen molar-refractivity contribution < 1.29 is 13.9 Å². The Hall–Kier alpha value is -1.13. The fraction of sp³-hybridized carbons (Fsp3) is 0.538. The highest BCUT2D eigenvalue weighted by molar-refractivity contribution is 5.36. The molecule has 3 nitrogen and oxygen atoms in total. The molecule has 4 heteroatoms. The Bertz CT molecular complexity index is 344. The fourth-order valence-electron chi connectivity index (χ4n) is 1.58. The van der Waals surface area contributed by atoms with Crippen molar-refractivity contribution in [3.8, 4) is 5.75 Å². The summed E-state index contributed by atoms with van der Waals surface area (Å²) in [6, 6.07) is 4.57. The molecule has 96 valence electrons. The van der Waals surface area contributed by atoms with E-state index < -0.39 is 0 Å². The van der Waals surface area contributed by atoms with Gasteiger partial charge in [0.05, 0.1) is 0 Å². The summed E-state index contributed by atoms with van der Waals surface area (Å²) in [6.07, 6.45) is 1.04. The Kier molecular flexibility index (Phi) is 5.94. The summed E-state index contributed by atoms with van der Waals surface area (Å²) >= 11 is 0. The van der Waals surface area contributed by atoms with Crippen molar-refractivity contribution in [2.45, 2.75) is 26.3 Å². The normalized spacial score (nSPS) is 12.5. The van der Waals surface area contributed by atoms with Crippen LogP contribution in [0.15, 0.2) is 18.2 Å². The van der Waals surface area contributed by atoms with E-state index in [-0.39, 0.29) is 18.7 Å². The van der Waals surface area contributed by atoms with Crippen molar-refractivity contribution in [3.05, 3.63) is 29.6 Å². The van der Waals surface area contributed by atoms with Crippen LogP contribution in [0, 0.1) is 5.82 Å². The molecule has 0 fully saturated rings. The van der Waals surface area contributed by atoms with Crippen LogP contribution >= 0.6 is 0 Å². The molecule has 0 saturated heterocycles. The number of methoxy groups -OCH3 is 1. The van der Waals surface area contributed by atoms with Gasteiger partial charge in [0, 0.05) is 18.7 Å².